The number of nitrogens with zero attached hydrogens (tertiary/aromatic N) is 6. The van der Waals surface area contributed by atoms with Gasteiger partial charge >= 0.3 is 5.69 Å². The first kappa shape index (κ1) is 22.6. The Morgan fingerprint density at radius 2 is 1.56 bits per heavy atom. The Balaban J connectivity index is 1.54. The van der Waals surface area contributed by atoms with Gasteiger partial charge in [0.25, 0.3) is 5.69 Å². The van der Waals surface area contributed by atoms with Crippen molar-refractivity contribution < 1.29 is 9.85 Å². The van der Waals surface area contributed by atoms with E-state index in [-0.39, 0.29) is 11.4 Å². The minimum Gasteiger partial charge on any atom is -0.277 e. The van der Waals surface area contributed by atoms with Crippen molar-refractivity contribution in [3.8, 4) is 5.69 Å². The summed E-state index contributed by atoms with van der Waals surface area (Å²) in [5.41, 5.74) is 6.82. The van der Waals surface area contributed by atoms with Crippen LogP contribution in [0, 0.1) is 34.1 Å². The van der Waals surface area contributed by atoms with Crippen molar-refractivity contribution in [1.82, 2.24) is 14.8 Å². The van der Waals surface area contributed by atoms with E-state index in [1.54, 1.807) is 20.1 Å². The summed E-state index contributed by atoms with van der Waals surface area (Å²) >= 11 is 0. The van der Waals surface area contributed by atoms with Crippen molar-refractivity contribution in [2.45, 2.75) is 13.8 Å². The zero-order valence-electron chi connectivity index (χ0n) is 19.2. The van der Waals surface area contributed by atoms with Gasteiger partial charge in [-0.3, -0.25) is 25.7 Å². The Labute approximate surface area is 204 Å². The average molecular weight is 481 g/mol. The number of aryl methyl sites for hydroxylation is 1. The van der Waals surface area contributed by atoms with Gasteiger partial charge in [-0.1, -0.05) is 36.4 Å². The van der Waals surface area contributed by atoms with E-state index in [9.17, 15) is 20.2 Å². The number of rotatable bonds is 6. The first-order valence-electron chi connectivity index (χ1n) is 10.9. The van der Waals surface area contributed by atoms with Gasteiger partial charge in [0.05, 0.1) is 50.2 Å². The third-order valence-corrected chi connectivity index (χ3v) is 5.90. The Kier molecular flexibility index (Phi) is 5.57. The zero-order chi connectivity index (χ0) is 25.4. The van der Waals surface area contributed by atoms with Crippen molar-refractivity contribution >= 4 is 45.1 Å². The lowest BCUT2D eigenvalue weighted by Crippen LogP contribution is -2.05. The van der Waals surface area contributed by atoms with Crippen LogP contribution >= 0.6 is 0 Å². The summed E-state index contributed by atoms with van der Waals surface area (Å²) in [7, 11) is 0. The molecule has 5 rings (SSSR count). The maximum absolute atomic E-state index is 11.6. The summed E-state index contributed by atoms with van der Waals surface area (Å²) in [6, 6.07) is 19.0. The number of benzene rings is 3. The number of fused-ring (bicyclic) bond motifs is 2. The maximum atomic E-state index is 11.6. The number of pyridine rings is 1. The number of anilines is 1. The summed E-state index contributed by atoms with van der Waals surface area (Å²) in [4.78, 5) is 26.1. The van der Waals surface area contributed by atoms with Gasteiger partial charge in [0.1, 0.15) is 5.69 Å². The number of nitro benzene ring substituents is 2. The monoisotopic (exact) mass is 481 g/mol. The van der Waals surface area contributed by atoms with E-state index >= 15 is 0 Å². The molecule has 0 aliphatic rings. The van der Waals surface area contributed by atoms with Crippen LogP contribution in [0.5, 0.6) is 0 Å². The zero-order valence-corrected chi connectivity index (χ0v) is 19.2. The van der Waals surface area contributed by atoms with Gasteiger partial charge in [0.2, 0.25) is 0 Å². The van der Waals surface area contributed by atoms with Crippen LogP contribution in [0.4, 0.5) is 17.1 Å². The minimum atomic E-state index is -0.672. The predicted molar refractivity (Wildman–Crippen MR) is 137 cm³/mol. The Morgan fingerprint density at radius 3 is 2.17 bits per heavy atom. The molecule has 0 spiro atoms. The fourth-order valence-corrected chi connectivity index (χ4v) is 4.15. The molecule has 2 aromatic heterocycles. The van der Waals surface area contributed by atoms with Crippen LogP contribution in [-0.2, 0) is 0 Å². The van der Waals surface area contributed by atoms with E-state index in [1.165, 1.54) is 16.8 Å². The van der Waals surface area contributed by atoms with Crippen molar-refractivity contribution in [2.24, 2.45) is 5.10 Å². The second-order valence-corrected chi connectivity index (χ2v) is 8.07. The van der Waals surface area contributed by atoms with E-state index in [1.807, 2.05) is 48.5 Å². The number of nitrogens with one attached hydrogen (secondary N) is 1. The van der Waals surface area contributed by atoms with Gasteiger partial charge in [0, 0.05) is 22.4 Å². The van der Waals surface area contributed by atoms with Crippen LogP contribution in [0.15, 0.2) is 71.8 Å². The number of para-hydroxylation sites is 2. The van der Waals surface area contributed by atoms with E-state index in [2.05, 4.69) is 15.6 Å². The highest BCUT2D eigenvalue weighted by Crippen LogP contribution is 2.31. The molecule has 0 aliphatic heterocycles. The van der Waals surface area contributed by atoms with E-state index < -0.39 is 15.5 Å². The van der Waals surface area contributed by atoms with Crippen molar-refractivity contribution in [2.75, 3.05) is 5.43 Å². The van der Waals surface area contributed by atoms with Gasteiger partial charge in [-0.25, -0.2) is 9.67 Å². The lowest BCUT2D eigenvalue weighted by Gasteiger charge is -2.10. The normalized spacial score (nSPS) is 11.4. The summed E-state index contributed by atoms with van der Waals surface area (Å²) in [5.74, 6) is 0. The maximum Gasteiger partial charge on any atom is 0.301 e. The Bertz CT molecular complexity index is 1650. The standard InChI is InChI=1S/C25H19N7O4/c1-15-20(16(2)30(29-15)23-12-11-17(31(33)34)13-24(23)32(35)36)14-26-28-25-18-7-3-5-9-21(18)27-22-10-6-4-8-19(22)25/h3-14H,1-2H3,(H,27,28)/b26-14+. The molecule has 0 amide bonds. The van der Waals surface area contributed by atoms with Crippen molar-refractivity contribution in [3.05, 3.63) is 104 Å². The lowest BCUT2D eigenvalue weighted by atomic mass is 10.1. The molecular formula is C25H19N7O4. The van der Waals surface area contributed by atoms with Gasteiger partial charge < -0.3 is 0 Å². The highest BCUT2D eigenvalue weighted by Gasteiger charge is 2.23. The van der Waals surface area contributed by atoms with Crippen LogP contribution in [0.1, 0.15) is 17.0 Å². The molecule has 0 fully saturated rings. The molecule has 5 aromatic rings. The molecular weight excluding hydrogens is 462 g/mol. The van der Waals surface area contributed by atoms with Crippen LogP contribution in [-0.4, -0.2) is 30.8 Å². The summed E-state index contributed by atoms with van der Waals surface area (Å²) in [6.07, 6.45) is 1.61. The van der Waals surface area contributed by atoms with E-state index in [4.69, 9.17) is 4.98 Å². The molecule has 36 heavy (non-hydrogen) atoms. The molecule has 11 nitrogen and oxygen atoms in total. The van der Waals surface area contributed by atoms with Crippen LogP contribution < -0.4 is 5.43 Å². The average Bonchev–Trinajstić information content (AvgIpc) is 3.16. The molecule has 3 aromatic carbocycles. The van der Waals surface area contributed by atoms with Crippen LogP contribution in [0.3, 0.4) is 0 Å². The highest BCUT2D eigenvalue weighted by atomic mass is 16.6. The van der Waals surface area contributed by atoms with Gasteiger partial charge in [0.15, 0.2) is 0 Å². The largest absolute Gasteiger partial charge is 0.301 e. The number of hydrogen-bond donors (Lipinski definition) is 1. The second kappa shape index (κ2) is 8.87. The first-order valence-corrected chi connectivity index (χ1v) is 10.9. The third kappa shape index (κ3) is 3.88. The fraction of sp³-hybridized carbons (Fsp3) is 0.0800. The lowest BCUT2D eigenvalue weighted by molar-refractivity contribution is -0.394. The summed E-state index contributed by atoms with van der Waals surface area (Å²) in [6.45, 7) is 3.52. The molecule has 0 saturated heterocycles. The molecule has 1 N–H and O–H groups in total. The van der Waals surface area contributed by atoms with Crippen LogP contribution in [0.2, 0.25) is 0 Å². The topological polar surface area (TPSA) is 141 Å². The number of aromatic nitrogens is 3. The fourth-order valence-electron chi connectivity index (χ4n) is 4.15. The SMILES string of the molecule is Cc1nn(-c2ccc([N+](=O)[O-])cc2[N+](=O)[O-])c(C)c1/C=N/Nc1c2ccccc2nc2ccccc12. The van der Waals surface area contributed by atoms with E-state index in [0.717, 1.165) is 33.6 Å². The van der Waals surface area contributed by atoms with Crippen molar-refractivity contribution in [3.63, 3.8) is 0 Å². The molecule has 0 unspecified atom stereocenters. The molecule has 2 heterocycles. The number of hydrogen-bond acceptors (Lipinski definition) is 8. The Hall–Kier alpha value is -5.19. The predicted octanol–water partition coefficient (Wildman–Crippen LogP) is 5.45. The molecule has 178 valence electrons. The van der Waals surface area contributed by atoms with Gasteiger partial charge in [-0.15, -0.1) is 0 Å². The quantitative estimate of drug-likeness (QED) is 0.147. The van der Waals surface area contributed by atoms with Gasteiger partial charge in [-0.05, 0) is 32.0 Å². The molecule has 0 aliphatic carbocycles. The minimum absolute atomic E-state index is 0.130. The van der Waals surface area contributed by atoms with E-state index in [0.29, 0.717) is 17.0 Å². The molecule has 0 bridgehead atoms. The van der Waals surface area contributed by atoms with Crippen molar-refractivity contribution in [1.29, 1.82) is 0 Å². The van der Waals surface area contributed by atoms with Crippen LogP contribution in [0.25, 0.3) is 27.5 Å². The Morgan fingerprint density at radius 1 is 0.917 bits per heavy atom. The van der Waals surface area contributed by atoms with Gasteiger partial charge in [-0.2, -0.15) is 10.2 Å². The third-order valence-electron chi connectivity index (χ3n) is 5.90. The molecule has 0 atom stereocenters. The second-order valence-electron chi connectivity index (χ2n) is 8.07. The summed E-state index contributed by atoms with van der Waals surface area (Å²) in [5, 5.41) is 33.4. The molecule has 11 heteroatoms. The molecule has 0 saturated carbocycles. The molecule has 0 radical (unpaired) electrons. The number of hydrazone groups is 1. The summed E-state index contributed by atoms with van der Waals surface area (Å²) < 4.78 is 1.40. The smallest absolute Gasteiger partial charge is 0.277 e. The first-order chi connectivity index (χ1) is 17.3. The highest BCUT2D eigenvalue weighted by molar-refractivity contribution is 6.07. The number of non-ortho nitro benzene ring substituents is 1. The number of nitro groups is 2.